The molecular formula is C20H20N2O6S. The number of nitriles is 1. The third-order valence-corrected chi connectivity index (χ3v) is 5.23. The van der Waals surface area contributed by atoms with Crippen molar-refractivity contribution in [2.75, 3.05) is 24.2 Å². The number of Topliss-reactive ketones (excluding diaryl/α,β-unsaturated/α-hetero) is 1. The minimum atomic E-state index is -3.40. The van der Waals surface area contributed by atoms with Gasteiger partial charge in [0, 0.05) is 12.6 Å². The molecule has 0 aliphatic carbocycles. The molecule has 0 heterocycles. The molecule has 9 heteroatoms. The zero-order valence-corrected chi connectivity index (χ0v) is 17.0. The van der Waals surface area contributed by atoms with Gasteiger partial charge in [-0.05, 0) is 55.5 Å². The molecule has 1 atom stereocenters. The summed E-state index contributed by atoms with van der Waals surface area (Å²) < 4.78 is 34.6. The van der Waals surface area contributed by atoms with E-state index < -0.39 is 34.5 Å². The van der Waals surface area contributed by atoms with Crippen LogP contribution in [0.5, 0.6) is 5.75 Å². The number of sulfonamides is 1. The summed E-state index contributed by atoms with van der Waals surface area (Å²) >= 11 is 0. The molecule has 0 aromatic heterocycles. The zero-order chi connectivity index (χ0) is 21.6. The highest BCUT2D eigenvalue weighted by Gasteiger charge is 2.19. The summed E-state index contributed by atoms with van der Waals surface area (Å²) in [5, 5.41) is 8.77. The highest BCUT2D eigenvalue weighted by Crippen LogP contribution is 2.17. The van der Waals surface area contributed by atoms with Gasteiger partial charge in [-0.1, -0.05) is 0 Å². The number of hydrogen-bond acceptors (Lipinski definition) is 7. The average molecular weight is 416 g/mol. The third-order valence-electron chi connectivity index (χ3n) is 4.02. The second-order valence-electron chi connectivity index (χ2n) is 6.20. The van der Waals surface area contributed by atoms with E-state index in [1.165, 1.54) is 38.2 Å². The first-order valence-electron chi connectivity index (χ1n) is 8.52. The molecule has 2 aromatic rings. The van der Waals surface area contributed by atoms with Crippen LogP contribution in [-0.4, -0.2) is 46.2 Å². The van der Waals surface area contributed by atoms with Crippen molar-refractivity contribution in [2.24, 2.45) is 0 Å². The molecule has 0 fully saturated rings. The van der Waals surface area contributed by atoms with E-state index in [0.717, 1.165) is 10.6 Å². The topological polar surface area (TPSA) is 114 Å². The summed E-state index contributed by atoms with van der Waals surface area (Å²) in [6, 6.07) is 14.1. The Hall–Kier alpha value is -3.38. The van der Waals surface area contributed by atoms with Crippen LogP contribution in [0.3, 0.4) is 0 Å². The van der Waals surface area contributed by atoms with E-state index in [0.29, 0.717) is 17.0 Å². The van der Waals surface area contributed by atoms with Gasteiger partial charge in [0.05, 0.1) is 23.6 Å². The van der Waals surface area contributed by atoms with Crippen molar-refractivity contribution < 1.29 is 27.5 Å². The van der Waals surface area contributed by atoms with Gasteiger partial charge in [0.15, 0.2) is 18.5 Å². The Bertz CT molecular complexity index is 1020. The first kappa shape index (κ1) is 21.9. The molecule has 0 amide bonds. The van der Waals surface area contributed by atoms with Crippen LogP contribution in [0.25, 0.3) is 0 Å². The van der Waals surface area contributed by atoms with Crippen molar-refractivity contribution in [3.63, 3.8) is 0 Å². The second kappa shape index (κ2) is 9.21. The SMILES string of the molecule is C[C@@H](Oc1ccc(C#N)cc1)C(=O)OCC(=O)c1ccc(N(C)S(C)(=O)=O)cc1. The van der Waals surface area contributed by atoms with Gasteiger partial charge in [-0.25, -0.2) is 13.2 Å². The summed E-state index contributed by atoms with van der Waals surface area (Å²) in [5.74, 6) is -0.751. The smallest absolute Gasteiger partial charge is 0.347 e. The number of nitrogens with zero attached hydrogens (tertiary/aromatic N) is 2. The average Bonchev–Trinajstić information content (AvgIpc) is 2.71. The predicted octanol–water partition coefficient (Wildman–Crippen LogP) is 2.15. The van der Waals surface area contributed by atoms with Crippen LogP contribution in [0.2, 0.25) is 0 Å². The summed E-state index contributed by atoms with van der Waals surface area (Å²) in [5.41, 5.74) is 1.15. The normalized spacial score (nSPS) is 11.8. The van der Waals surface area contributed by atoms with Crippen LogP contribution in [0.4, 0.5) is 5.69 Å². The van der Waals surface area contributed by atoms with E-state index in [4.69, 9.17) is 14.7 Å². The van der Waals surface area contributed by atoms with E-state index in [-0.39, 0.29) is 5.56 Å². The van der Waals surface area contributed by atoms with Crippen molar-refractivity contribution in [2.45, 2.75) is 13.0 Å². The molecule has 0 saturated heterocycles. The van der Waals surface area contributed by atoms with Crippen molar-refractivity contribution >= 4 is 27.5 Å². The number of anilines is 1. The molecule has 29 heavy (non-hydrogen) atoms. The van der Waals surface area contributed by atoms with Gasteiger partial charge in [-0.3, -0.25) is 9.10 Å². The van der Waals surface area contributed by atoms with E-state index in [9.17, 15) is 18.0 Å². The van der Waals surface area contributed by atoms with Crippen molar-refractivity contribution in [1.82, 2.24) is 0 Å². The van der Waals surface area contributed by atoms with Gasteiger partial charge < -0.3 is 9.47 Å². The summed E-state index contributed by atoms with van der Waals surface area (Å²) in [7, 11) is -1.99. The lowest BCUT2D eigenvalue weighted by Crippen LogP contribution is -2.28. The van der Waals surface area contributed by atoms with E-state index in [2.05, 4.69) is 0 Å². The minimum absolute atomic E-state index is 0.282. The van der Waals surface area contributed by atoms with Gasteiger partial charge in [-0.15, -0.1) is 0 Å². The molecule has 0 unspecified atom stereocenters. The van der Waals surface area contributed by atoms with Crippen LogP contribution in [-0.2, 0) is 19.6 Å². The molecule has 0 aliphatic rings. The van der Waals surface area contributed by atoms with Crippen LogP contribution in [0.1, 0.15) is 22.8 Å². The number of esters is 1. The number of ether oxygens (including phenoxy) is 2. The predicted molar refractivity (Wildman–Crippen MR) is 106 cm³/mol. The minimum Gasteiger partial charge on any atom is -0.479 e. The molecule has 0 bridgehead atoms. The Morgan fingerprint density at radius 2 is 1.69 bits per heavy atom. The fraction of sp³-hybridized carbons (Fsp3) is 0.250. The zero-order valence-electron chi connectivity index (χ0n) is 16.2. The Kier molecular flexibility index (Phi) is 6.96. The summed E-state index contributed by atoms with van der Waals surface area (Å²) in [6.45, 7) is 1.02. The third kappa shape index (κ3) is 6.05. The van der Waals surface area contributed by atoms with Crippen LogP contribution in [0.15, 0.2) is 48.5 Å². The van der Waals surface area contributed by atoms with Crippen LogP contribution >= 0.6 is 0 Å². The standard InChI is InChI=1S/C20H20N2O6S/c1-14(28-18-10-4-15(12-21)5-11-18)20(24)27-13-19(23)16-6-8-17(9-7-16)22(2)29(3,25)26/h4-11,14H,13H2,1-3H3/t14-/m1/s1. The maximum Gasteiger partial charge on any atom is 0.347 e. The fourth-order valence-electron chi connectivity index (χ4n) is 2.25. The first-order valence-corrected chi connectivity index (χ1v) is 10.4. The summed E-state index contributed by atoms with van der Waals surface area (Å²) in [4.78, 5) is 24.2. The Labute approximate surface area is 169 Å². The molecule has 8 nitrogen and oxygen atoms in total. The summed E-state index contributed by atoms with van der Waals surface area (Å²) in [6.07, 6.45) is 0.133. The molecule has 2 aromatic carbocycles. The van der Waals surface area contributed by atoms with Gasteiger partial charge in [0.25, 0.3) is 0 Å². The maximum absolute atomic E-state index is 12.2. The van der Waals surface area contributed by atoms with Crippen molar-refractivity contribution in [3.8, 4) is 11.8 Å². The van der Waals surface area contributed by atoms with E-state index in [1.807, 2.05) is 6.07 Å². The van der Waals surface area contributed by atoms with Gasteiger partial charge in [0.1, 0.15) is 5.75 Å². The molecule has 0 saturated carbocycles. The number of ketones is 1. The Morgan fingerprint density at radius 1 is 1.10 bits per heavy atom. The van der Waals surface area contributed by atoms with Gasteiger partial charge in [0.2, 0.25) is 10.0 Å². The Morgan fingerprint density at radius 3 is 2.21 bits per heavy atom. The first-order chi connectivity index (χ1) is 13.6. The molecule has 0 radical (unpaired) electrons. The van der Waals surface area contributed by atoms with Gasteiger partial charge in [-0.2, -0.15) is 5.26 Å². The lowest BCUT2D eigenvalue weighted by molar-refractivity contribution is -0.149. The van der Waals surface area contributed by atoms with Gasteiger partial charge >= 0.3 is 5.97 Å². The maximum atomic E-state index is 12.2. The molecular weight excluding hydrogens is 396 g/mol. The number of rotatable bonds is 8. The number of carbonyl (C=O) groups is 2. The number of carbonyl (C=O) groups excluding carboxylic acids is 2. The van der Waals surface area contributed by atoms with Crippen LogP contribution in [0, 0.1) is 11.3 Å². The molecule has 2 rings (SSSR count). The molecule has 0 N–H and O–H groups in total. The highest BCUT2D eigenvalue weighted by molar-refractivity contribution is 7.92. The lowest BCUT2D eigenvalue weighted by atomic mass is 10.1. The van der Waals surface area contributed by atoms with Crippen LogP contribution < -0.4 is 9.04 Å². The van der Waals surface area contributed by atoms with Crippen molar-refractivity contribution in [1.29, 1.82) is 5.26 Å². The monoisotopic (exact) mass is 416 g/mol. The van der Waals surface area contributed by atoms with Crippen molar-refractivity contribution in [3.05, 3.63) is 59.7 Å². The molecule has 152 valence electrons. The lowest BCUT2D eigenvalue weighted by Gasteiger charge is -2.16. The quantitative estimate of drug-likeness (QED) is 0.478. The molecule has 0 spiro atoms. The number of hydrogen-bond donors (Lipinski definition) is 0. The Balaban J connectivity index is 1.90. The highest BCUT2D eigenvalue weighted by atomic mass is 32.2. The largest absolute Gasteiger partial charge is 0.479 e. The van der Waals surface area contributed by atoms with E-state index >= 15 is 0 Å². The fourth-order valence-corrected chi connectivity index (χ4v) is 2.75. The number of benzene rings is 2. The molecule has 0 aliphatic heterocycles. The van der Waals surface area contributed by atoms with E-state index in [1.54, 1.807) is 24.3 Å². The second-order valence-corrected chi connectivity index (χ2v) is 8.22.